The Labute approximate surface area is 145 Å². The Morgan fingerprint density at radius 2 is 1.79 bits per heavy atom. The molecule has 0 radical (unpaired) electrons. The number of piperidine rings is 1. The summed E-state index contributed by atoms with van der Waals surface area (Å²) in [5, 5.41) is 0. The molecule has 1 amide bonds. The van der Waals surface area contributed by atoms with Crippen LogP contribution in [0.1, 0.15) is 36.8 Å². The van der Waals surface area contributed by atoms with Crippen LogP contribution in [0, 0.1) is 18.8 Å². The zero-order valence-electron chi connectivity index (χ0n) is 14.4. The number of sulfone groups is 1. The highest BCUT2D eigenvalue weighted by Crippen LogP contribution is 2.26. The first-order valence-corrected chi connectivity index (χ1v) is 10.8. The molecule has 1 unspecified atom stereocenters. The molecule has 0 saturated carbocycles. The fourth-order valence-corrected chi connectivity index (χ4v) is 5.55. The summed E-state index contributed by atoms with van der Waals surface area (Å²) in [5.74, 6) is 0.671. The van der Waals surface area contributed by atoms with Crippen molar-refractivity contribution in [2.45, 2.75) is 39.0 Å². The third-order valence-corrected chi connectivity index (χ3v) is 7.24. The molecule has 0 spiro atoms. The number of nitrogens with zero attached hydrogens (tertiary/aromatic N) is 1. The molecule has 2 saturated heterocycles. The molecule has 2 aliphatic rings. The van der Waals surface area contributed by atoms with Gasteiger partial charge in [0.05, 0.1) is 17.4 Å². The quantitative estimate of drug-likeness (QED) is 0.839. The van der Waals surface area contributed by atoms with E-state index in [1.165, 1.54) is 17.5 Å². The highest BCUT2D eigenvalue weighted by Gasteiger charge is 2.36. The molecule has 2 heterocycles. The molecular formula is C19H27NO3S. The Balaban J connectivity index is 1.44. The predicted molar refractivity (Wildman–Crippen MR) is 95.6 cm³/mol. The summed E-state index contributed by atoms with van der Waals surface area (Å²) in [6.45, 7) is 3.67. The topological polar surface area (TPSA) is 54.5 Å². The number of rotatable bonds is 4. The van der Waals surface area contributed by atoms with Gasteiger partial charge in [-0.15, -0.1) is 0 Å². The first kappa shape index (κ1) is 17.5. The molecule has 4 nitrogen and oxygen atoms in total. The van der Waals surface area contributed by atoms with E-state index in [1.807, 2.05) is 4.90 Å². The second kappa shape index (κ2) is 7.26. The molecule has 1 atom stereocenters. The molecule has 1 aromatic rings. The lowest BCUT2D eigenvalue weighted by atomic mass is 9.90. The van der Waals surface area contributed by atoms with Crippen molar-refractivity contribution in [2.75, 3.05) is 24.6 Å². The average molecular weight is 349 g/mol. The first-order valence-electron chi connectivity index (χ1n) is 8.98. The van der Waals surface area contributed by atoms with E-state index in [9.17, 15) is 13.2 Å². The molecule has 0 aliphatic carbocycles. The maximum absolute atomic E-state index is 12.5. The van der Waals surface area contributed by atoms with Crippen LogP contribution in [0.4, 0.5) is 0 Å². The smallest absolute Gasteiger partial charge is 0.226 e. The maximum atomic E-state index is 12.5. The third-order valence-electron chi connectivity index (χ3n) is 5.47. The molecule has 0 aromatic heterocycles. The second-order valence-electron chi connectivity index (χ2n) is 7.39. The van der Waals surface area contributed by atoms with Crippen molar-refractivity contribution >= 4 is 15.7 Å². The van der Waals surface area contributed by atoms with E-state index in [0.29, 0.717) is 12.3 Å². The van der Waals surface area contributed by atoms with Crippen LogP contribution in [0.25, 0.3) is 0 Å². The van der Waals surface area contributed by atoms with Gasteiger partial charge in [-0.3, -0.25) is 4.79 Å². The minimum absolute atomic E-state index is 0.0547. The van der Waals surface area contributed by atoms with E-state index in [4.69, 9.17) is 0 Å². The Bertz CT molecular complexity index is 673. The Hall–Kier alpha value is -1.36. The highest BCUT2D eigenvalue weighted by molar-refractivity contribution is 7.91. The molecule has 1 aromatic carbocycles. The van der Waals surface area contributed by atoms with Crippen LogP contribution >= 0.6 is 0 Å². The van der Waals surface area contributed by atoms with Gasteiger partial charge in [-0.25, -0.2) is 8.42 Å². The van der Waals surface area contributed by atoms with Gasteiger partial charge in [0, 0.05) is 13.1 Å². The van der Waals surface area contributed by atoms with Crippen LogP contribution in [-0.4, -0.2) is 43.8 Å². The van der Waals surface area contributed by atoms with E-state index < -0.39 is 9.84 Å². The van der Waals surface area contributed by atoms with Crippen molar-refractivity contribution in [3.8, 4) is 0 Å². The molecule has 3 rings (SSSR count). The number of benzene rings is 1. The summed E-state index contributed by atoms with van der Waals surface area (Å²) in [4.78, 5) is 14.4. The van der Waals surface area contributed by atoms with Gasteiger partial charge in [0.15, 0.2) is 9.84 Å². The van der Waals surface area contributed by atoms with Gasteiger partial charge >= 0.3 is 0 Å². The molecule has 0 N–H and O–H groups in total. The van der Waals surface area contributed by atoms with Gasteiger partial charge in [-0.1, -0.05) is 29.8 Å². The average Bonchev–Trinajstić information content (AvgIpc) is 2.94. The van der Waals surface area contributed by atoms with Crippen LogP contribution in [0.2, 0.25) is 0 Å². The molecule has 2 aliphatic heterocycles. The molecule has 24 heavy (non-hydrogen) atoms. The lowest BCUT2D eigenvalue weighted by molar-refractivity contribution is -0.136. The number of carbonyl (C=O) groups is 1. The monoisotopic (exact) mass is 349 g/mol. The maximum Gasteiger partial charge on any atom is 0.226 e. The van der Waals surface area contributed by atoms with Gasteiger partial charge in [-0.2, -0.15) is 0 Å². The van der Waals surface area contributed by atoms with Gasteiger partial charge in [0.1, 0.15) is 0 Å². The van der Waals surface area contributed by atoms with Crippen LogP contribution in [0.15, 0.2) is 24.3 Å². The third kappa shape index (κ3) is 4.38. The van der Waals surface area contributed by atoms with Gasteiger partial charge in [0.2, 0.25) is 5.91 Å². The highest BCUT2D eigenvalue weighted by atomic mass is 32.2. The summed E-state index contributed by atoms with van der Waals surface area (Å²) in [7, 11) is -2.98. The molecule has 132 valence electrons. The number of hydrogen-bond acceptors (Lipinski definition) is 3. The lowest BCUT2D eigenvalue weighted by Crippen LogP contribution is -2.42. The summed E-state index contributed by atoms with van der Waals surface area (Å²) >= 11 is 0. The van der Waals surface area contributed by atoms with Crippen molar-refractivity contribution in [3.63, 3.8) is 0 Å². The summed E-state index contributed by atoms with van der Waals surface area (Å²) in [6.07, 6.45) is 4.85. The minimum Gasteiger partial charge on any atom is -0.342 e. The SMILES string of the molecule is Cc1ccc(CCC2CCN(C(=O)C3CCS(=O)(=O)C3)CC2)cc1. The predicted octanol–water partition coefficient (Wildman–Crippen LogP) is 2.60. The Morgan fingerprint density at radius 3 is 2.38 bits per heavy atom. The molecular weight excluding hydrogens is 322 g/mol. The lowest BCUT2D eigenvalue weighted by Gasteiger charge is -2.33. The van der Waals surface area contributed by atoms with E-state index in [1.54, 1.807) is 0 Å². The van der Waals surface area contributed by atoms with E-state index in [2.05, 4.69) is 31.2 Å². The van der Waals surface area contributed by atoms with Crippen LogP contribution in [-0.2, 0) is 21.1 Å². The van der Waals surface area contributed by atoms with Crippen molar-refractivity contribution in [1.29, 1.82) is 0 Å². The summed E-state index contributed by atoms with van der Waals surface area (Å²) in [6, 6.07) is 8.72. The zero-order valence-corrected chi connectivity index (χ0v) is 15.2. The Morgan fingerprint density at radius 1 is 1.12 bits per heavy atom. The molecule has 0 bridgehead atoms. The van der Waals surface area contributed by atoms with Gasteiger partial charge in [0.25, 0.3) is 0 Å². The Kier molecular flexibility index (Phi) is 5.28. The first-order chi connectivity index (χ1) is 11.4. The minimum atomic E-state index is -2.98. The van der Waals surface area contributed by atoms with Crippen LogP contribution in [0.3, 0.4) is 0 Å². The number of amides is 1. The standard InChI is InChI=1S/C19H27NO3S/c1-15-2-4-16(5-3-15)6-7-17-8-11-20(12-9-17)19(21)18-10-13-24(22,23)14-18/h2-5,17-18H,6-14H2,1H3. The molecule has 5 heteroatoms. The van der Waals surface area contributed by atoms with E-state index in [0.717, 1.165) is 32.4 Å². The normalized spacial score (nSPS) is 24.2. The second-order valence-corrected chi connectivity index (χ2v) is 9.62. The summed E-state index contributed by atoms with van der Waals surface area (Å²) in [5.41, 5.74) is 2.68. The largest absolute Gasteiger partial charge is 0.342 e. The van der Waals surface area contributed by atoms with Crippen molar-refractivity contribution < 1.29 is 13.2 Å². The number of aryl methyl sites for hydroxylation is 2. The van der Waals surface area contributed by atoms with Crippen molar-refractivity contribution in [2.24, 2.45) is 11.8 Å². The van der Waals surface area contributed by atoms with Gasteiger partial charge in [-0.05, 0) is 50.5 Å². The van der Waals surface area contributed by atoms with Crippen LogP contribution < -0.4 is 0 Å². The van der Waals surface area contributed by atoms with Crippen molar-refractivity contribution in [3.05, 3.63) is 35.4 Å². The number of hydrogen-bond donors (Lipinski definition) is 0. The fourth-order valence-electron chi connectivity index (χ4n) is 3.82. The van der Waals surface area contributed by atoms with E-state index in [-0.39, 0.29) is 23.3 Å². The van der Waals surface area contributed by atoms with Crippen molar-refractivity contribution in [1.82, 2.24) is 4.90 Å². The zero-order chi connectivity index (χ0) is 17.2. The number of likely N-dealkylation sites (tertiary alicyclic amines) is 1. The van der Waals surface area contributed by atoms with Gasteiger partial charge < -0.3 is 4.90 Å². The van der Waals surface area contributed by atoms with E-state index >= 15 is 0 Å². The fraction of sp³-hybridized carbons (Fsp3) is 0.632. The summed E-state index contributed by atoms with van der Waals surface area (Å²) < 4.78 is 23.1. The molecule has 2 fully saturated rings. The number of carbonyl (C=O) groups excluding carboxylic acids is 1. The van der Waals surface area contributed by atoms with Crippen LogP contribution in [0.5, 0.6) is 0 Å².